The molecule has 1 rings (SSSR count). The van der Waals surface area contributed by atoms with Crippen molar-refractivity contribution in [2.24, 2.45) is 0 Å². The molecule has 0 unspecified atom stereocenters. The zero-order chi connectivity index (χ0) is 16.0. The number of rotatable bonds is 4. The number of anilines is 1. The van der Waals surface area contributed by atoms with Crippen LogP contribution < -0.4 is 5.32 Å². The second kappa shape index (κ2) is 6.90. The van der Waals surface area contributed by atoms with Crippen molar-refractivity contribution < 1.29 is 18.0 Å². The van der Waals surface area contributed by atoms with Gasteiger partial charge in [0.25, 0.3) is 5.91 Å². The Bertz CT molecular complexity index is 586. The van der Waals surface area contributed by atoms with Crippen molar-refractivity contribution in [2.45, 2.75) is 6.18 Å². The average molecular weight is 297 g/mol. The number of halogens is 3. The summed E-state index contributed by atoms with van der Waals surface area (Å²) in [5.74, 6) is -0.737. The molecular weight excluding hydrogens is 283 g/mol. The minimum atomic E-state index is -4.49. The lowest BCUT2D eigenvalue weighted by molar-refractivity contribution is -0.137. The van der Waals surface area contributed by atoms with E-state index in [4.69, 9.17) is 5.26 Å². The maximum atomic E-state index is 12.6. The smallest absolute Gasteiger partial charge is 0.321 e. The second-order valence-corrected chi connectivity index (χ2v) is 4.52. The van der Waals surface area contributed by atoms with Gasteiger partial charge in [-0.1, -0.05) is 6.07 Å². The quantitative estimate of drug-likeness (QED) is 0.686. The van der Waals surface area contributed by atoms with Crippen LogP contribution in [0.25, 0.3) is 0 Å². The number of nitriles is 1. The summed E-state index contributed by atoms with van der Waals surface area (Å²) in [4.78, 5) is 13.6. The number of alkyl halides is 3. The van der Waals surface area contributed by atoms with Crippen molar-refractivity contribution in [3.05, 3.63) is 41.5 Å². The molecule has 0 aliphatic rings. The predicted molar refractivity (Wildman–Crippen MR) is 72.3 cm³/mol. The molecule has 21 heavy (non-hydrogen) atoms. The van der Waals surface area contributed by atoms with Gasteiger partial charge in [-0.15, -0.1) is 0 Å². The van der Waals surface area contributed by atoms with Crippen LogP contribution in [0.15, 0.2) is 35.9 Å². The van der Waals surface area contributed by atoms with Crippen LogP contribution in [0.5, 0.6) is 0 Å². The fraction of sp³-hybridized carbons (Fsp3) is 0.286. The Labute approximate surface area is 120 Å². The summed E-state index contributed by atoms with van der Waals surface area (Å²) in [7, 11) is 3.52. The monoisotopic (exact) mass is 297 g/mol. The first-order chi connectivity index (χ1) is 9.74. The first kappa shape index (κ1) is 16.7. The van der Waals surface area contributed by atoms with Crippen LogP contribution in [0.2, 0.25) is 0 Å². The van der Waals surface area contributed by atoms with Crippen LogP contribution in [-0.2, 0) is 11.0 Å². The summed E-state index contributed by atoms with van der Waals surface area (Å²) in [6.45, 7) is 0.374. The van der Waals surface area contributed by atoms with Crippen LogP contribution in [0.4, 0.5) is 18.9 Å². The molecule has 1 aromatic carbocycles. The van der Waals surface area contributed by atoms with Crippen LogP contribution >= 0.6 is 0 Å². The maximum Gasteiger partial charge on any atom is 0.416 e. The van der Waals surface area contributed by atoms with E-state index in [2.05, 4.69) is 5.32 Å². The largest absolute Gasteiger partial charge is 0.416 e. The lowest BCUT2D eigenvalue weighted by atomic mass is 10.2. The van der Waals surface area contributed by atoms with E-state index in [0.717, 1.165) is 12.1 Å². The molecule has 1 N–H and O–H groups in total. The molecule has 0 spiro atoms. The standard InChI is InChI=1S/C14H14F3N3O/c1-20(2)7-6-10(9-18)13(21)19-12-5-3-4-11(8-12)14(15,16)17/h3-6,8H,7H2,1-2H3,(H,19,21). The molecule has 4 nitrogen and oxygen atoms in total. The molecule has 0 fully saturated rings. The molecule has 0 heterocycles. The lowest BCUT2D eigenvalue weighted by Crippen LogP contribution is -2.17. The van der Waals surface area contributed by atoms with Gasteiger partial charge in [-0.3, -0.25) is 4.79 Å². The summed E-state index contributed by atoms with van der Waals surface area (Å²) in [5, 5.41) is 11.2. The number of nitrogens with zero attached hydrogens (tertiary/aromatic N) is 2. The van der Waals surface area contributed by atoms with Crippen molar-refractivity contribution in [1.82, 2.24) is 4.90 Å². The summed E-state index contributed by atoms with van der Waals surface area (Å²) in [6, 6.07) is 5.96. The van der Waals surface area contributed by atoms with E-state index in [1.807, 2.05) is 0 Å². The maximum absolute atomic E-state index is 12.6. The molecule has 0 bridgehead atoms. The molecule has 0 aliphatic carbocycles. The highest BCUT2D eigenvalue weighted by Gasteiger charge is 2.30. The van der Waals surface area contributed by atoms with Gasteiger partial charge in [-0.25, -0.2) is 0 Å². The summed E-state index contributed by atoms with van der Waals surface area (Å²) in [5.41, 5.74) is -1.03. The number of hydrogen-bond acceptors (Lipinski definition) is 3. The van der Waals surface area contributed by atoms with Gasteiger partial charge in [0, 0.05) is 12.2 Å². The van der Waals surface area contributed by atoms with E-state index in [1.165, 1.54) is 18.2 Å². The predicted octanol–water partition coefficient (Wildman–Crippen LogP) is 2.66. The van der Waals surface area contributed by atoms with Crippen molar-refractivity contribution in [3.63, 3.8) is 0 Å². The summed E-state index contributed by atoms with van der Waals surface area (Å²) in [6.07, 6.45) is -3.08. The Balaban J connectivity index is 2.88. The van der Waals surface area contributed by atoms with E-state index < -0.39 is 17.6 Å². The van der Waals surface area contributed by atoms with Gasteiger partial charge in [0.05, 0.1) is 5.56 Å². The molecular formula is C14H14F3N3O. The van der Waals surface area contributed by atoms with Crippen LogP contribution in [0, 0.1) is 11.3 Å². The van der Waals surface area contributed by atoms with Gasteiger partial charge in [0.15, 0.2) is 0 Å². The number of nitrogens with one attached hydrogen (secondary N) is 1. The molecule has 1 aromatic rings. The second-order valence-electron chi connectivity index (χ2n) is 4.52. The van der Waals surface area contributed by atoms with Gasteiger partial charge in [0.1, 0.15) is 11.6 Å². The lowest BCUT2D eigenvalue weighted by Gasteiger charge is -2.10. The number of carbonyl (C=O) groups excluding carboxylic acids is 1. The minimum Gasteiger partial charge on any atom is -0.321 e. The Morgan fingerprint density at radius 2 is 2.10 bits per heavy atom. The molecule has 0 atom stereocenters. The third-order valence-electron chi connectivity index (χ3n) is 2.47. The summed E-state index contributed by atoms with van der Waals surface area (Å²) >= 11 is 0. The summed E-state index contributed by atoms with van der Waals surface area (Å²) < 4.78 is 37.7. The minimum absolute atomic E-state index is 0.0131. The van der Waals surface area contributed by atoms with Crippen molar-refractivity contribution in [1.29, 1.82) is 5.26 Å². The van der Waals surface area contributed by atoms with Crippen molar-refractivity contribution in [2.75, 3.05) is 26.0 Å². The zero-order valence-corrected chi connectivity index (χ0v) is 11.5. The Kier molecular flexibility index (Phi) is 5.50. The third kappa shape index (κ3) is 5.28. The van der Waals surface area contributed by atoms with E-state index in [1.54, 1.807) is 25.1 Å². The average Bonchev–Trinajstić information content (AvgIpc) is 2.38. The fourth-order valence-corrected chi connectivity index (χ4v) is 1.43. The highest BCUT2D eigenvalue weighted by atomic mass is 19.4. The topological polar surface area (TPSA) is 56.1 Å². The normalized spacial score (nSPS) is 12.1. The van der Waals surface area contributed by atoms with Gasteiger partial charge >= 0.3 is 6.18 Å². The highest BCUT2D eigenvalue weighted by molar-refractivity contribution is 6.06. The molecule has 0 saturated heterocycles. The van der Waals surface area contributed by atoms with Crippen LogP contribution in [-0.4, -0.2) is 31.4 Å². The zero-order valence-electron chi connectivity index (χ0n) is 11.5. The highest BCUT2D eigenvalue weighted by Crippen LogP contribution is 2.30. The first-order valence-corrected chi connectivity index (χ1v) is 5.97. The number of carbonyl (C=O) groups is 1. The number of likely N-dealkylation sites (N-methyl/N-ethyl adjacent to an activating group) is 1. The van der Waals surface area contributed by atoms with Crippen LogP contribution in [0.1, 0.15) is 5.56 Å². The van der Waals surface area contributed by atoms with Gasteiger partial charge in [-0.05, 0) is 38.4 Å². The Hall–Kier alpha value is -2.33. The molecule has 0 aromatic heterocycles. The number of amides is 1. The fourth-order valence-electron chi connectivity index (χ4n) is 1.43. The van der Waals surface area contributed by atoms with Crippen molar-refractivity contribution in [3.8, 4) is 6.07 Å². The molecule has 0 radical (unpaired) electrons. The Morgan fingerprint density at radius 3 is 2.62 bits per heavy atom. The number of benzene rings is 1. The SMILES string of the molecule is CN(C)CC=C(C#N)C(=O)Nc1cccc(C(F)(F)F)c1. The molecule has 0 aliphatic heterocycles. The van der Waals surface area contributed by atoms with Crippen molar-refractivity contribution >= 4 is 11.6 Å². The molecule has 1 amide bonds. The third-order valence-corrected chi connectivity index (χ3v) is 2.47. The van der Waals surface area contributed by atoms with E-state index in [-0.39, 0.29) is 11.3 Å². The van der Waals surface area contributed by atoms with E-state index in [0.29, 0.717) is 6.54 Å². The molecule has 0 saturated carbocycles. The Morgan fingerprint density at radius 1 is 1.43 bits per heavy atom. The first-order valence-electron chi connectivity index (χ1n) is 5.97. The van der Waals surface area contributed by atoms with Gasteiger partial charge in [0.2, 0.25) is 0 Å². The molecule has 112 valence electrons. The van der Waals surface area contributed by atoms with Gasteiger partial charge in [-0.2, -0.15) is 18.4 Å². The molecule has 7 heteroatoms. The van der Waals surface area contributed by atoms with Gasteiger partial charge < -0.3 is 10.2 Å². The number of hydrogen-bond donors (Lipinski definition) is 1. The van der Waals surface area contributed by atoms with E-state index >= 15 is 0 Å². The van der Waals surface area contributed by atoms with E-state index in [9.17, 15) is 18.0 Å². The van der Waals surface area contributed by atoms with Crippen LogP contribution in [0.3, 0.4) is 0 Å².